The summed E-state index contributed by atoms with van der Waals surface area (Å²) in [6.45, 7) is 5.91. The van der Waals surface area contributed by atoms with E-state index >= 15 is 0 Å². The first kappa shape index (κ1) is 14.9. The molecule has 1 saturated carbocycles. The van der Waals surface area contributed by atoms with E-state index in [4.69, 9.17) is 0 Å². The summed E-state index contributed by atoms with van der Waals surface area (Å²) in [5, 5.41) is 13.4. The van der Waals surface area contributed by atoms with Crippen molar-refractivity contribution in [3.05, 3.63) is 16.4 Å². The first-order valence-electron chi connectivity index (χ1n) is 6.54. The molecule has 1 fully saturated rings. The van der Waals surface area contributed by atoms with Gasteiger partial charge in [-0.1, -0.05) is 24.9 Å². The molecule has 1 heterocycles. The molecule has 0 aromatic carbocycles. The van der Waals surface area contributed by atoms with Crippen molar-refractivity contribution >= 4 is 16.0 Å². The molecule has 9 heteroatoms. The zero-order chi connectivity index (χ0) is 15.1. The van der Waals surface area contributed by atoms with Crippen molar-refractivity contribution in [1.29, 1.82) is 0 Å². The number of nitrogens with zero attached hydrogens (tertiary/aromatic N) is 4. The molecule has 0 bridgehead atoms. The van der Waals surface area contributed by atoms with Crippen LogP contribution < -0.4 is 0 Å². The molecule has 0 amide bonds. The highest BCUT2D eigenvalue weighted by molar-refractivity contribution is 7.90. The van der Waals surface area contributed by atoms with Gasteiger partial charge in [0.25, 0.3) is 10.0 Å². The van der Waals surface area contributed by atoms with Gasteiger partial charge in [0.05, 0.1) is 5.25 Å². The van der Waals surface area contributed by atoms with E-state index in [-0.39, 0.29) is 11.8 Å². The van der Waals surface area contributed by atoms with Gasteiger partial charge in [0, 0.05) is 5.10 Å². The van der Waals surface area contributed by atoms with E-state index in [0.29, 0.717) is 10.0 Å². The van der Waals surface area contributed by atoms with E-state index in [1.807, 2.05) is 13.8 Å². The van der Waals surface area contributed by atoms with E-state index in [0.717, 1.165) is 19.2 Å². The van der Waals surface area contributed by atoms with Crippen LogP contribution in [0.25, 0.3) is 0 Å². The van der Waals surface area contributed by atoms with Crippen LogP contribution in [0.1, 0.15) is 33.6 Å². The Labute approximate surface area is 117 Å². The minimum Gasteiger partial charge on any atom is -0.390 e. The third kappa shape index (κ3) is 2.54. The minimum atomic E-state index is -3.76. The number of nitro groups is 1. The Morgan fingerprint density at radius 1 is 1.30 bits per heavy atom. The van der Waals surface area contributed by atoms with Crippen molar-refractivity contribution < 1.29 is 13.3 Å². The number of hydrogen-bond donors (Lipinski definition) is 0. The molecule has 1 aromatic rings. The highest BCUT2D eigenvalue weighted by Gasteiger charge is 2.43. The number of rotatable bonds is 3. The van der Waals surface area contributed by atoms with Gasteiger partial charge in [-0.25, -0.2) is 8.42 Å². The van der Waals surface area contributed by atoms with Crippen molar-refractivity contribution in [1.82, 2.24) is 14.2 Å². The third-order valence-electron chi connectivity index (χ3n) is 3.90. The first-order chi connectivity index (χ1) is 9.23. The fourth-order valence-electron chi connectivity index (χ4n) is 3.35. The van der Waals surface area contributed by atoms with Crippen LogP contribution in [0, 0.1) is 27.9 Å². The van der Waals surface area contributed by atoms with Gasteiger partial charge in [-0.15, -0.1) is 0 Å². The van der Waals surface area contributed by atoms with Crippen LogP contribution in [0.3, 0.4) is 0 Å². The highest BCUT2D eigenvalue weighted by atomic mass is 32.2. The van der Waals surface area contributed by atoms with Crippen LogP contribution in [0.2, 0.25) is 0 Å². The third-order valence-corrected chi connectivity index (χ3v) is 6.21. The zero-order valence-corrected chi connectivity index (χ0v) is 12.4. The second-order valence-electron chi connectivity index (χ2n) is 5.71. The Balaban J connectivity index is 2.35. The molecule has 8 nitrogen and oxygen atoms in total. The van der Waals surface area contributed by atoms with Crippen LogP contribution >= 0.6 is 0 Å². The molecule has 2 rings (SSSR count). The lowest BCUT2D eigenvalue weighted by atomic mass is 9.77. The van der Waals surface area contributed by atoms with E-state index in [1.165, 1.54) is 0 Å². The summed E-state index contributed by atoms with van der Waals surface area (Å²) in [4.78, 5) is 13.2. The molecule has 0 aliphatic heterocycles. The van der Waals surface area contributed by atoms with Gasteiger partial charge in [0.2, 0.25) is 6.33 Å². The summed E-state index contributed by atoms with van der Waals surface area (Å²) in [6.07, 6.45) is 2.56. The SMILES string of the molecule is CC1CC(C)C(S(=O)(=O)n2cnc([N+](=O)[O-])n2)C(C)C1. The molecule has 1 aliphatic rings. The zero-order valence-electron chi connectivity index (χ0n) is 11.6. The van der Waals surface area contributed by atoms with Gasteiger partial charge in [-0.2, -0.15) is 0 Å². The predicted molar refractivity (Wildman–Crippen MR) is 71.5 cm³/mol. The first-order valence-corrected chi connectivity index (χ1v) is 8.04. The minimum absolute atomic E-state index is 0.0120. The van der Waals surface area contributed by atoms with Crippen molar-refractivity contribution in [2.45, 2.75) is 38.9 Å². The molecular formula is C11H18N4O4S. The summed E-state index contributed by atoms with van der Waals surface area (Å²) in [5.41, 5.74) is 0. The van der Waals surface area contributed by atoms with Crippen LogP contribution in [-0.2, 0) is 10.0 Å². The van der Waals surface area contributed by atoms with Gasteiger partial charge < -0.3 is 10.1 Å². The molecule has 1 aliphatic carbocycles. The molecule has 2 atom stereocenters. The van der Waals surface area contributed by atoms with Crippen LogP contribution in [0.4, 0.5) is 5.95 Å². The topological polar surface area (TPSA) is 108 Å². The summed E-state index contributed by atoms with van der Waals surface area (Å²) < 4.78 is 25.8. The quantitative estimate of drug-likeness (QED) is 0.617. The maximum Gasteiger partial charge on any atom is 0.491 e. The van der Waals surface area contributed by atoms with Crippen molar-refractivity contribution in [2.24, 2.45) is 17.8 Å². The Kier molecular flexibility index (Phi) is 3.81. The second kappa shape index (κ2) is 5.12. The fourth-order valence-corrected chi connectivity index (χ4v) is 5.36. The molecule has 0 radical (unpaired) electrons. The molecule has 20 heavy (non-hydrogen) atoms. The summed E-state index contributed by atoms with van der Waals surface area (Å²) in [5.74, 6) is -0.237. The molecule has 0 N–H and O–H groups in total. The molecule has 2 unspecified atom stereocenters. The van der Waals surface area contributed by atoms with Crippen LogP contribution in [-0.4, -0.2) is 32.8 Å². The molecule has 0 saturated heterocycles. The van der Waals surface area contributed by atoms with Crippen molar-refractivity contribution in [2.75, 3.05) is 0 Å². The predicted octanol–water partition coefficient (Wildman–Crippen LogP) is 1.43. The molecule has 0 spiro atoms. The maximum atomic E-state index is 12.6. The lowest BCUT2D eigenvalue weighted by Gasteiger charge is -2.36. The smallest absolute Gasteiger partial charge is 0.390 e. The van der Waals surface area contributed by atoms with Gasteiger partial charge >= 0.3 is 5.95 Å². The summed E-state index contributed by atoms with van der Waals surface area (Å²) in [6, 6.07) is 0. The summed E-state index contributed by atoms with van der Waals surface area (Å²) >= 11 is 0. The molecule has 112 valence electrons. The molecule has 1 aromatic heterocycles. The standard InChI is InChI=1S/C11H18N4O4S/c1-7-4-8(2)10(9(3)5-7)20(18,19)14-6-12-11(13-14)15(16)17/h6-10H,4-5H2,1-3H3. The van der Waals surface area contributed by atoms with E-state index in [9.17, 15) is 18.5 Å². The van der Waals surface area contributed by atoms with Crippen LogP contribution in [0.5, 0.6) is 0 Å². The lowest BCUT2D eigenvalue weighted by molar-refractivity contribution is -0.394. The van der Waals surface area contributed by atoms with Crippen molar-refractivity contribution in [3.63, 3.8) is 0 Å². The lowest BCUT2D eigenvalue weighted by Crippen LogP contribution is -2.42. The Bertz CT molecular complexity index is 600. The molecular weight excluding hydrogens is 284 g/mol. The highest BCUT2D eigenvalue weighted by Crippen LogP contribution is 2.37. The Morgan fingerprint density at radius 2 is 1.85 bits per heavy atom. The average Bonchev–Trinajstić information content (AvgIpc) is 2.76. The average molecular weight is 302 g/mol. The number of aromatic nitrogens is 3. The second-order valence-corrected chi connectivity index (χ2v) is 7.66. The van der Waals surface area contributed by atoms with Crippen molar-refractivity contribution in [3.8, 4) is 0 Å². The summed E-state index contributed by atoms with van der Waals surface area (Å²) in [7, 11) is -3.76. The number of hydrogen-bond acceptors (Lipinski definition) is 6. The largest absolute Gasteiger partial charge is 0.491 e. The van der Waals surface area contributed by atoms with E-state index in [1.54, 1.807) is 0 Å². The monoisotopic (exact) mass is 302 g/mol. The Hall–Kier alpha value is -1.51. The van der Waals surface area contributed by atoms with Gasteiger partial charge in [-0.3, -0.25) is 0 Å². The normalized spacial score (nSPS) is 31.1. The van der Waals surface area contributed by atoms with E-state index in [2.05, 4.69) is 17.0 Å². The fraction of sp³-hybridized carbons (Fsp3) is 0.818. The maximum absolute atomic E-state index is 12.6. The van der Waals surface area contributed by atoms with Gasteiger partial charge in [-0.05, 0) is 40.5 Å². The van der Waals surface area contributed by atoms with E-state index < -0.39 is 26.1 Å². The van der Waals surface area contributed by atoms with Crippen LogP contribution in [0.15, 0.2) is 6.33 Å². The van der Waals surface area contributed by atoms with Gasteiger partial charge in [0.1, 0.15) is 0 Å². The Morgan fingerprint density at radius 3 is 2.30 bits per heavy atom. The van der Waals surface area contributed by atoms with Gasteiger partial charge in [0.15, 0.2) is 0 Å².